The minimum absolute atomic E-state index is 0.00316. The quantitative estimate of drug-likeness (QED) is 0.393. The van der Waals surface area contributed by atoms with E-state index in [1.807, 2.05) is 0 Å². The Morgan fingerprint density at radius 2 is 2.00 bits per heavy atom. The molecule has 0 aliphatic rings. The molecule has 3 N–H and O–H groups in total. The molecule has 0 fully saturated rings. The van der Waals surface area contributed by atoms with E-state index < -0.39 is 0 Å². The second-order valence-corrected chi connectivity index (χ2v) is 4.35. The van der Waals surface area contributed by atoms with Crippen LogP contribution in [-0.2, 0) is 0 Å². The molecule has 1 amide bonds. The highest BCUT2D eigenvalue weighted by molar-refractivity contribution is 6.32. The molecule has 2 rings (SSSR count). The summed E-state index contributed by atoms with van der Waals surface area (Å²) in [6, 6.07) is 8.15. The van der Waals surface area contributed by atoms with Crippen molar-refractivity contribution in [1.82, 2.24) is 0 Å². The monoisotopic (exact) mass is 293 g/mol. The summed E-state index contributed by atoms with van der Waals surface area (Å²) >= 11 is 5.78. The van der Waals surface area contributed by atoms with Crippen molar-refractivity contribution in [3.05, 3.63) is 52.9 Å². The number of hydrogen-bond acceptors (Lipinski definition) is 4. The summed E-state index contributed by atoms with van der Waals surface area (Å²) in [4.78, 5) is 13.6. The third-order valence-electron chi connectivity index (χ3n) is 2.81. The summed E-state index contributed by atoms with van der Waals surface area (Å²) in [5.41, 5.74) is 6.95. The van der Waals surface area contributed by atoms with Crippen molar-refractivity contribution in [3.8, 4) is 0 Å². The van der Waals surface area contributed by atoms with Crippen molar-refractivity contribution in [2.45, 2.75) is 0 Å². The molecule has 0 saturated heterocycles. The molecule has 20 heavy (non-hydrogen) atoms. The molecule has 0 bridgehead atoms. The molecule has 0 atom stereocenters. The number of furan rings is 1. The molecule has 0 saturated carbocycles. The van der Waals surface area contributed by atoms with Gasteiger partial charge in [-0.1, -0.05) is 5.16 Å². The van der Waals surface area contributed by atoms with E-state index in [2.05, 4.69) is 5.16 Å². The molecular formula is C13H12ClN3O3. The Kier molecular flexibility index (Phi) is 3.95. The zero-order valence-corrected chi connectivity index (χ0v) is 11.3. The summed E-state index contributed by atoms with van der Waals surface area (Å²) in [6.45, 7) is 0. The molecular weight excluding hydrogens is 282 g/mol. The van der Waals surface area contributed by atoms with E-state index in [-0.39, 0.29) is 22.5 Å². The number of rotatable bonds is 3. The van der Waals surface area contributed by atoms with Gasteiger partial charge in [0.15, 0.2) is 5.84 Å². The Labute approximate surface area is 120 Å². The van der Waals surface area contributed by atoms with Crippen LogP contribution < -0.4 is 10.6 Å². The van der Waals surface area contributed by atoms with Gasteiger partial charge in [0, 0.05) is 18.3 Å². The van der Waals surface area contributed by atoms with Crippen LogP contribution in [0.3, 0.4) is 0 Å². The first-order valence-corrected chi connectivity index (χ1v) is 6.01. The van der Waals surface area contributed by atoms with Crippen LogP contribution in [0.5, 0.6) is 0 Å². The predicted octanol–water partition coefficient (Wildman–Crippen LogP) is 2.30. The summed E-state index contributed by atoms with van der Waals surface area (Å²) < 4.78 is 4.89. The van der Waals surface area contributed by atoms with Gasteiger partial charge in [-0.2, -0.15) is 0 Å². The largest absolute Gasteiger partial charge is 0.452 e. The van der Waals surface area contributed by atoms with Gasteiger partial charge in [0.1, 0.15) is 0 Å². The van der Waals surface area contributed by atoms with E-state index >= 15 is 0 Å². The number of benzene rings is 1. The van der Waals surface area contributed by atoms with Gasteiger partial charge < -0.3 is 20.3 Å². The highest BCUT2D eigenvalue weighted by Crippen LogP contribution is 2.22. The summed E-state index contributed by atoms with van der Waals surface area (Å²) in [6.07, 6.45) is 1.35. The number of amides is 1. The minimum atomic E-state index is -0.291. The first-order chi connectivity index (χ1) is 9.54. The topological polar surface area (TPSA) is 92.1 Å². The lowest BCUT2D eigenvalue weighted by Crippen LogP contribution is -2.26. The third-order valence-corrected chi connectivity index (χ3v) is 3.10. The van der Waals surface area contributed by atoms with E-state index in [1.54, 1.807) is 31.3 Å². The maximum atomic E-state index is 12.2. The van der Waals surface area contributed by atoms with Gasteiger partial charge >= 0.3 is 0 Å². The normalized spacial score (nSPS) is 11.4. The van der Waals surface area contributed by atoms with Crippen molar-refractivity contribution in [2.75, 3.05) is 11.9 Å². The molecule has 0 aliphatic carbocycles. The van der Waals surface area contributed by atoms with E-state index in [9.17, 15) is 4.79 Å². The first-order valence-electron chi connectivity index (χ1n) is 5.63. The maximum absolute atomic E-state index is 12.2. The second kappa shape index (κ2) is 5.66. The van der Waals surface area contributed by atoms with Crippen molar-refractivity contribution in [3.63, 3.8) is 0 Å². The predicted molar refractivity (Wildman–Crippen MR) is 75.4 cm³/mol. The Hall–Kier alpha value is -2.47. The highest BCUT2D eigenvalue weighted by atomic mass is 35.5. The lowest BCUT2D eigenvalue weighted by atomic mass is 10.1. The molecule has 1 aromatic carbocycles. The molecule has 6 nitrogen and oxygen atoms in total. The van der Waals surface area contributed by atoms with Crippen LogP contribution in [0.4, 0.5) is 5.69 Å². The summed E-state index contributed by atoms with van der Waals surface area (Å²) in [7, 11) is 1.62. The smallest absolute Gasteiger partial charge is 0.262 e. The Morgan fingerprint density at radius 1 is 1.35 bits per heavy atom. The average Bonchev–Trinajstić information content (AvgIpc) is 2.91. The van der Waals surface area contributed by atoms with E-state index in [0.717, 1.165) is 0 Å². The number of halogens is 1. The lowest BCUT2D eigenvalue weighted by molar-refractivity contribution is 0.0992. The van der Waals surface area contributed by atoms with Crippen molar-refractivity contribution >= 4 is 29.0 Å². The number of carbonyl (C=O) groups excluding carboxylic acids is 1. The van der Waals surface area contributed by atoms with Crippen molar-refractivity contribution in [1.29, 1.82) is 0 Å². The Bertz CT molecular complexity index is 649. The van der Waals surface area contributed by atoms with Gasteiger partial charge in [0.05, 0.1) is 11.8 Å². The van der Waals surface area contributed by atoms with Crippen LogP contribution in [0.15, 0.2) is 46.2 Å². The molecule has 0 unspecified atom stereocenters. The number of nitrogens with zero attached hydrogens (tertiary/aromatic N) is 2. The minimum Gasteiger partial charge on any atom is -0.452 e. The first kappa shape index (κ1) is 14.0. The van der Waals surface area contributed by atoms with Crippen LogP contribution in [-0.4, -0.2) is 24.0 Å². The molecule has 1 aromatic heterocycles. The van der Waals surface area contributed by atoms with Gasteiger partial charge in [-0.15, -0.1) is 0 Å². The van der Waals surface area contributed by atoms with Gasteiger partial charge in [0.2, 0.25) is 5.22 Å². The fraction of sp³-hybridized carbons (Fsp3) is 0.0769. The fourth-order valence-electron chi connectivity index (χ4n) is 1.66. The average molecular weight is 294 g/mol. The van der Waals surface area contributed by atoms with Gasteiger partial charge in [-0.3, -0.25) is 4.79 Å². The summed E-state index contributed by atoms with van der Waals surface area (Å²) in [5, 5.41) is 11.5. The van der Waals surface area contributed by atoms with Gasteiger partial charge in [0.25, 0.3) is 5.91 Å². The van der Waals surface area contributed by atoms with Gasteiger partial charge in [-0.25, -0.2) is 0 Å². The molecule has 1 heterocycles. The zero-order valence-electron chi connectivity index (χ0n) is 10.6. The lowest BCUT2D eigenvalue weighted by Gasteiger charge is -2.17. The third kappa shape index (κ3) is 2.60. The number of anilines is 1. The van der Waals surface area contributed by atoms with Crippen LogP contribution >= 0.6 is 11.6 Å². The number of carbonyl (C=O) groups is 1. The summed E-state index contributed by atoms with van der Waals surface area (Å²) in [5.74, 6) is -0.288. The molecule has 0 radical (unpaired) electrons. The van der Waals surface area contributed by atoms with E-state index in [1.165, 1.54) is 17.2 Å². The molecule has 0 aliphatic heterocycles. The van der Waals surface area contributed by atoms with Gasteiger partial charge in [-0.05, 0) is 41.9 Å². The molecule has 7 heteroatoms. The molecule has 0 spiro atoms. The van der Waals surface area contributed by atoms with E-state index in [4.69, 9.17) is 27.0 Å². The Morgan fingerprint density at radius 3 is 2.50 bits per heavy atom. The fourth-order valence-corrected chi connectivity index (χ4v) is 1.85. The van der Waals surface area contributed by atoms with E-state index in [0.29, 0.717) is 11.3 Å². The van der Waals surface area contributed by atoms with Crippen LogP contribution in [0, 0.1) is 0 Å². The number of hydrogen-bond donors (Lipinski definition) is 2. The maximum Gasteiger partial charge on any atom is 0.262 e. The van der Waals surface area contributed by atoms with Crippen LogP contribution in [0.2, 0.25) is 5.22 Å². The number of nitrogens with two attached hydrogens (primary N) is 1. The Balaban J connectivity index is 2.24. The standard InChI is InChI=1S/C13H12ClN3O3/c1-17(13(18)10-6-7-20-11(10)14)9-4-2-8(3-5-9)12(15)16-19/h2-7,19H,1H3,(H2,15,16). The second-order valence-electron chi connectivity index (χ2n) is 4.00. The molecule has 104 valence electrons. The van der Waals surface area contributed by atoms with Crippen molar-refractivity contribution in [2.24, 2.45) is 10.9 Å². The highest BCUT2D eigenvalue weighted by Gasteiger charge is 2.18. The van der Waals surface area contributed by atoms with Crippen LogP contribution in [0.1, 0.15) is 15.9 Å². The SMILES string of the molecule is CN(C(=O)c1ccoc1Cl)c1ccc(/C(N)=N/O)cc1. The molecule has 2 aromatic rings. The number of amidine groups is 1. The van der Waals surface area contributed by atoms with Crippen molar-refractivity contribution < 1.29 is 14.4 Å². The van der Waals surface area contributed by atoms with Crippen LogP contribution in [0.25, 0.3) is 0 Å². The zero-order chi connectivity index (χ0) is 14.7. The number of oxime groups is 1.